The molecule has 4 N–H and O–H groups in total. The second-order valence-electron chi connectivity index (χ2n) is 7.36. The number of unbranched alkanes of at least 4 members (excludes halogenated alkanes) is 1. The van der Waals surface area contributed by atoms with Crippen LogP contribution in [0.3, 0.4) is 0 Å². The van der Waals surface area contributed by atoms with Crippen molar-refractivity contribution in [2.45, 2.75) is 26.2 Å². The summed E-state index contributed by atoms with van der Waals surface area (Å²) in [5, 5.41) is 14.9. The molecule has 1 heterocycles. The molecule has 4 aromatic rings. The summed E-state index contributed by atoms with van der Waals surface area (Å²) < 4.78 is 0.851. The number of aromatic nitrogens is 1. The van der Waals surface area contributed by atoms with Crippen LogP contribution in [-0.2, 0) is 6.42 Å². The number of nitrogens with zero attached hydrogens (tertiary/aromatic N) is 1. The molecule has 0 aliphatic heterocycles. The van der Waals surface area contributed by atoms with Crippen molar-refractivity contribution in [3.05, 3.63) is 76.9 Å². The highest BCUT2D eigenvalue weighted by Gasteiger charge is 2.15. The van der Waals surface area contributed by atoms with Crippen LogP contribution in [0.5, 0.6) is 5.75 Å². The van der Waals surface area contributed by atoms with Crippen molar-refractivity contribution in [1.29, 1.82) is 0 Å². The van der Waals surface area contributed by atoms with Crippen LogP contribution >= 0.6 is 27.3 Å². The van der Waals surface area contributed by atoms with Gasteiger partial charge in [-0.2, -0.15) is 0 Å². The molecule has 3 aromatic carbocycles. The molecule has 0 spiro atoms. The zero-order valence-electron chi connectivity index (χ0n) is 17.2. The average molecular weight is 494 g/mol. The molecular formula is C25H24BrN3OS. The second kappa shape index (κ2) is 9.54. The number of hydrogen-bond donors (Lipinski definition) is 3. The lowest BCUT2D eigenvalue weighted by atomic mass is 10.0. The number of nitrogens with one attached hydrogen (secondary N) is 1. The first-order valence-corrected chi connectivity index (χ1v) is 11.9. The average Bonchev–Trinajstić information content (AvgIpc) is 3.18. The Bertz CT molecular complexity index is 1170. The smallest absolute Gasteiger partial charge is 0.188 e. The van der Waals surface area contributed by atoms with Gasteiger partial charge >= 0.3 is 0 Å². The molecule has 6 heteroatoms. The van der Waals surface area contributed by atoms with E-state index in [4.69, 9.17) is 10.7 Å². The van der Waals surface area contributed by atoms with Crippen LogP contribution in [0.1, 0.15) is 25.5 Å². The van der Waals surface area contributed by atoms with Crippen molar-refractivity contribution in [3.8, 4) is 27.3 Å². The maximum absolute atomic E-state index is 10.7. The first-order chi connectivity index (χ1) is 15.0. The lowest BCUT2D eigenvalue weighted by molar-refractivity contribution is 0.477. The number of phenols is 1. The van der Waals surface area contributed by atoms with Crippen LogP contribution in [0, 0.1) is 0 Å². The van der Waals surface area contributed by atoms with E-state index < -0.39 is 0 Å². The summed E-state index contributed by atoms with van der Waals surface area (Å²) in [6.45, 7) is 2.19. The molecule has 0 aliphatic rings. The molecule has 0 radical (unpaired) electrons. The summed E-state index contributed by atoms with van der Waals surface area (Å²) in [7, 11) is 0. The third-order valence-electron chi connectivity index (χ3n) is 5.05. The van der Waals surface area contributed by atoms with Crippen LogP contribution in [-0.4, -0.2) is 10.1 Å². The third kappa shape index (κ3) is 4.92. The van der Waals surface area contributed by atoms with Gasteiger partial charge < -0.3 is 16.2 Å². The number of halogens is 1. The van der Waals surface area contributed by atoms with E-state index >= 15 is 0 Å². The maximum Gasteiger partial charge on any atom is 0.188 e. The fraction of sp³-hybridized carbons (Fsp3) is 0.160. The van der Waals surface area contributed by atoms with E-state index in [0.29, 0.717) is 5.69 Å². The highest BCUT2D eigenvalue weighted by molar-refractivity contribution is 9.10. The van der Waals surface area contributed by atoms with E-state index in [2.05, 4.69) is 52.4 Å². The number of hydrogen-bond acceptors (Lipinski definition) is 5. The summed E-state index contributed by atoms with van der Waals surface area (Å²) in [6.07, 6.45) is 3.17. The Labute approximate surface area is 194 Å². The minimum atomic E-state index is 0.196. The van der Waals surface area contributed by atoms with Crippen LogP contribution < -0.4 is 11.1 Å². The van der Waals surface area contributed by atoms with Crippen LogP contribution in [0.4, 0.5) is 16.5 Å². The summed E-state index contributed by atoms with van der Waals surface area (Å²) in [4.78, 5) is 6.06. The third-order valence-corrected chi connectivity index (χ3v) is 6.77. The van der Waals surface area contributed by atoms with E-state index in [9.17, 15) is 5.11 Å². The fourth-order valence-electron chi connectivity index (χ4n) is 3.40. The van der Waals surface area contributed by atoms with E-state index in [-0.39, 0.29) is 5.75 Å². The highest BCUT2D eigenvalue weighted by Crippen LogP contribution is 2.40. The summed E-state index contributed by atoms with van der Waals surface area (Å²) in [5.41, 5.74) is 11.2. The quantitative estimate of drug-likeness (QED) is 0.231. The number of nitrogens with two attached hydrogens (primary N) is 1. The van der Waals surface area contributed by atoms with Gasteiger partial charge in [0.25, 0.3) is 0 Å². The summed E-state index contributed by atoms with van der Waals surface area (Å²) >= 11 is 5.28. The van der Waals surface area contributed by atoms with Crippen LogP contribution in [0.15, 0.2) is 71.2 Å². The largest absolute Gasteiger partial charge is 0.507 e. The molecule has 158 valence electrons. The number of anilines is 3. The number of aryl methyl sites for hydroxylation is 1. The number of aromatic hydroxyl groups is 1. The molecule has 0 atom stereocenters. The Balaban J connectivity index is 1.65. The topological polar surface area (TPSA) is 71.2 Å². The molecular weight excluding hydrogens is 470 g/mol. The first-order valence-electron chi connectivity index (χ1n) is 10.3. The Morgan fingerprint density at radius 1 is 1.03 bits per heavy atom. The molecule has 0 fully saturated rings. The number of benzene rings is 3. The van der Waals surface area contributed by atoms with Crippen molar-refractivity contribution >= 4 is 43.8 Å². The van der Waals surface area contributed by atoms with E-state index in [1.54, 1.807) is 17.4 Å². The molecule has 31 heavy (non-hydrogen) atoms. The van der Waals surface area contributed by atoms with Crippen molar-refractivity contribution in [2.75, 3.05) is 11.1 Å². The monoisotopic (exact) mass is 493 g/mol. The van der Waals surface area contributed by atoms with Gasteiger partial charge in [-0.1, -0.05) is 67.1 Å². The van der Waals surface area contributed by atoms with Crippen molar-refractivity contribution in [2.24, 2.45) is 0 Å². The summed E-state index contributed by atoms with van der Waals surface area (Å²) in [6, 6.07) is 21.5. The van der Waals surface area contributed by atoms with Gasteiger partial charge in [-0.05, 0) is 58.1 Å². The van der Waals surface area contributed by atoms with Crippen LogP contribution in [0.25, 0.3) is 21.6 Å². The number of rotatable bonds is 7. The van der Waals surface area contributed by atoms with Gasteiger partial charge in [-0.15, -0.1) is 0 Å². The standard InChI is InChI=1S/C25H24BrN3OS/c1-2-3-9-21-24(17-7-5-4-6-8-17)31-25(28-21)29-22-15-23(30)19(14-20(22)26)16-10-12-18(27)13-11-16/h4-8,10-15,30H,2-3,9,27H2,1H3,(H,28,29). The van der Waals surface area contributed by atoms with E-state index in [1.807, 2.05) is 36.4 Å². The molecule has 1 aromatic heterocycles. The Morgan fingerprint density at radius 3 is 2.48 bits per heavy atom. The summed E-state index contributed by atoms with van der Waals surface area (Å²) in [5.74, 6) is 0.196. The molecule has 4 nitrogen and oxygen atoms in total. The molecule has 0 aliphatic carbocycles. The second-order valence-corrected chi connectivity index (χ2v) is 9.21. The number of thiazole rings is 1. The van der Waals surface area contributed by atoms with E-state index in [1.165, 1.54) is 10.4 Å². The molecule has 0 amide bonds. The lowest BCUT2D eigenvalue weighted by Gasteiger charge is -2.11. The predicted molar refractivity (Wildman–Crippen MR) is 135 cm³/mol. The van der Waals surface area contributed by atoms with Crippen molar-refractivity contribution in [1.82, 2.24) is 4.98 Å². The van der Waals surface area contributed by atoms with Gasteiger partial charge in [0, 0.05) is 21.8 Å². The SMILES string of the molecule is CCCCc1nc(Nc2cc(O)c(-c3ccc(N)cc3)cc2Br)sc1-c1ccccc1. The van der Waals surface area contributed by atoms with Gasteiger partial charge in [-0.25, -0.2) is 4.98 Å². The van der Waals surface area contributed by atoms with Gasteiger partial charge in [0.2, 0.25) is 0 Å². The van der Waals surface area contributed by atoms with Crippen LogP contribution in [0.2, 0.25) is 0 Å². The Morgan fingerprint density at radius 2 is 1.77 bits per heavy atom. The molecule has 4 rings (SSSR count). The molecule has 0 saturated heterocycles. The number of phenolic OH excluding ortho intramolecular Hbond substituents is 1. The zero-order valence-corrected chi connectivity index (χ0v) is 19.6. The fourth-order valence-corrected chi connectivity index (χ4v) is 4.87. The zero-order chi connectivity index (χ0) is 21.8. The Hall–Kier alpha value is -2.83. The van der Waals surface area contributed by atoms with Gasteiger partial charge in [0.15, 0.2) is 5.13 Å². The minimum Gasteiger partial charge on any atom is -0.507 e. The maximum atomic E-state index is 10.7. The normalized spacial score (nSPS) is 10.9. The number of nitrogen functional groups attached to an aromatic ring is 1. The van der Waals surface area contributed by atoms with Gasteiger partial charge in [-0.3, -0.25) is 0 Å². The lowest BCUT2D eigenvalue weighted by Crippen LogP contribution is -1.93. The van der Waals surface area contributed by atoms with Gasteiger partial charge in [0.1, 0.15) is 5.75 Å². The van der Waals surface area contributed by atoms with Gasteiger partial charge in [0.05, 0.1) is 16.3 Å². The molecule has 0 saturated carbocycles. The predicted octanol–water partition coefficient (Wildman–Crippen LogP) is 7.61. The highest BCUT2D eigenvalue weighted by atomic mass is 79.9. The first kappa shape index (κ1) is 21.4. The molecule has 0 bridgehead atoms. The van der Waals surface area contributed by atoms with Crippen molar-refractivity contribution in [3.63, 3.8) is 0 Å². The van der Waals surface area contributed by atoms with Crippen molar-refractivity contribution < 1.29 is 5.11 Å². The Kier molecular flexibility index (Phi) is 6.59. The minimum absolute atomic E-state index is 0.196. The van der Waals surface area contributed by atoms with E-state index in [0.717, 1.165) is 51.4 Å². The molecule has 0 unspecified atom stereocenters.